The Morgan fingerprint density at radius 3 is 2.83 bits per heavy atom. The van der Waals surface area contributed by atoms with Crippen molar-refractivity contribution in [3.05, 3.63) is 57.5 Å². The molecule has 2 aromatic carbocycles. The Morgan fingerprint density at radius 2 is 2.10 bits per heavy atom. The zero-order chi connectivity index (χ0) is 21.0. The van der Waals surface area contributed by atoms with Crippen LogP contribution in [-0.4, -0.2) is 35.9 Å². The average Bonchev–Trinajstić information content (AvgIpc) is 3.03. The summed E-state index contributed by atoms with van der Waals surface area (Å²) in [6.45, 7) is 1.39. The first-order valence-electron chi connectivity index (χ1n) is 8.44. The topological polar surface area (TPSA) is 97.2 Å². The summed E-state index contributed by atoms with van der Waals surface area (Å²) in [4.78, 5) is 27.9. The van der Waals surface area contributed by atoms with Crippen LogP contribution in [0.4, 0.5) is 5.69 Å². The maximum atomic E-state index is 12.3. The number of amides is 1. The van der Waals surface area contributed by atoms with Crippen LogP contribution in [0.5, 0.6) is 11.5 Å². The number of carbonyl (C=O) groups is 2. The van der Waals surface area contributed by atoms with Gasteiger partial charge < -0.3 is 19.9 Å². The van der Waals surface area contributed by atoms with Crippen molar-refractivity contribution in [3.8, 4) is 11.5 Å². The zero-order valence-corrected chi connectivity index (χ0v) is 17.1. The third-order valence-corrected chi connectivity index (χ3v) is 5.27. The Hall–Kier alpha value is -2.97. The number of aliphatic imine (C=N–C) groups is 1. The summed E-state index contributed by atoms with van der Waals surface area (Å²) in [5.74, 6) is -0.677. The molecule has 0 aliphatic carbocycles. The maximum Gasteiger partial charge on any atom is 0.341 e. The molecule has 150 valence electrons. The summed E-state index contributed by atoms with van der Waals surface area (Å²) in [6, 6.07) is 10.4. The fourth-order valence-corrected chi connectivity index (χ4v) is 3.50. The predicted molar refractivity (Wildman–Crippen MR) is 113 cm³/mol. The van der Waals surface area contributed by atoms with E-state index in [-0.39, 0.29) is 5.91 Å². The lowest BCUT2D eigenvalue weighted by atomic mass is 10.2. The minimum absolute atomic E-state index is 0.265. The van der Waals surface area contributed by atoms with E-state index in [2.05, 4.69) is 10.3 Å². The highest BCUT2D eigenvalue weighted by Gasteiger charge is 2.24. The van der Waals surface area contributed by atoms with Gasteiger partial charge in [0.05, 0.1) is 17.7 Å². The number of halogens is 1. The Labute approximate surface area is 176 Å². The van der Waals surface area contributed by atoms with Gasteiger partial charge in [-0.2, -0.15) is 0 Å². The Balaban J connectivity index is 1.82. The number of amidine groups is 1. The summed E-state index contributed by atoms with van der Waals surface area (Å²) in [6.07, 6.45) is 1.69. The number of thioether (sulfide) groups is 1. The second-order valence-electron chi connectivity index (χ2n) is 5.96. The average molecular weight is 433 g/mol. The van der Waals surface area contributed by atoms with Crippen LogP contribution < -0.4 is 14.8 Å². The lowest BCUT2D eigenvalue weighted by Crippen LogP contribution is -2.19. The molecule has 0 radical (unpaired) electrons. The first-order chi connectivity index (χ1) is 13.9. The zero-order valence-electron chi connectivity index (χ0n) is 15.6. The highest BCUT2D eigenvalue weighted by Crippen LogP contribution is 2.33. The van der Waals surface area contributed by atoms with Gasteiger partial charge in [-0.3, -0.25) is 4.79 Å². The molecule has 7 nitrogen and oxygen atoms in total. The molecule has 0 atom stereocenters. The molecule has 1 saturated heterocycles. The molecule has 0 unspecified atom stereocenters. The molecule has 0 saturated carbocycles. The second kappa shape index (κ2) is 9.02. The van der Waals surface area contributed by atoms with Gasteiger partial charge in [-0.25, -0.2) is 9.79 Å². The maximum absolute atomic E-state index is 12.3. The SMILES string of the molecule is COc1cc(/C=C2/SC(=Nc3cccc(Cl)c3C)NC2=O)ccc1OCC(=O)O. The van der Waals surface area contributed by atoms with Crippen molar-refractivity contribution < 1.29 is 24.2 Å². The monoisotopic (exact) mass is 432 g/mol. The van der Waals surface area contributed by atoms with E-state index in [1.54, 1.807) is 36.4 Å². The highest BCUT2D eigenvalue weighted by molar-refractivity contribution is 8.18. The van der Waals surface area contributed by atoms with E-state index in [1.165, 1.54) is 18.9 Å². The van der Waals surface area contributed by atoms with E-state index >= 15 is 0 Å². The fraction of sp³-hybridized carbons (Fsp3) is 0.150. The van der Waals surface area contributed by atoms with E-state index in [1.807, 2.05) is 13.0 Å². The van der Waals surface area contributed by atoms with Crippen molar-refractivity contribution in [2.75, 3.05) is 13.7 Å². The van der Waals surface area contributed by atoms with Crippen molar-refractivity contribution in [2.24, 2.45) is 4.99 Å². The van der Waals surface area contributed by atoms with Gasteiger partial charge in [0.2, 0.25) is 0 Å². The molecule has 0 spiro atoms. The number of nitrogens with one attached hydrogen (secondary N) is 1. The number of ether oxygens (including phenoxy) is 2. The summed E-state index contributed by atoms with van der Waals surface area (Å²) < 4.78 is 10.4. The van der Waals surface area contributed by atoms with Crippen molar-refractivity contribution >= 4 is 52.2 Å². The van der Waals surface area contributed by atoms with Crippen LogP contribution in [0.25, 0.3) is 6.08 Å². The molecule has 1 heterocycles. The highest BCUT2D eigenvalue weighted by atomic mass is 35.5. The van der Waals surface area contributed by atoms with E-state index < -0.39 is 12.6 Å². The number of methoxy groups -OCH3 is 1. The van der Waals surface area contributed by atoms with Crippen LogP contribution in [0, 0.1) is 6.92 Å². The molecule has 0 bridgehead atoms. The van der Waals surface area contributed by atoms with E-state index in [0.29, 0.717) is 37.8 Å². The van der Waals surface area contributed by atoms with Crippen LogP contribution >= 0.6 is 23.4 Å². The third-order valence-electron chi connectivity index (χ3n) is 3.95. The molecule has 1 amide bonds. The van der Waals surface area contributed by atoms with Gasteiger partial charge >= 0.3 is 5.97 Å². The van der Waals surface area contributed by atoms with Gasteiger partial charge in [-0.1, -0.05) is 23.7 Å². The van der Waals surface area contributed by atoms with Gasteiger partial charge in [0.1, 0.15) is 0 Å². The normalized spacial score (nSPS) is 16.2. The van der Waals surface area contributed by atoms with Gasteiger partial charge in [0.15, 0.2) is 23.3 Å². The first-order valence-corrected chi connectivity index (χ1v) is 9.64. The van der Waals surface area contributed by atoms with Crippen LogP contribution in [-0.2, 0) is 9.59 Å². The van der Waals surface area contributed by atoms with Gasteiger partial charge in [0, 0.05) is 5.02 Å². The Bertz CT molecular complexity index is 1040. The molecule has 0 aromatic heterocycles. The Morgan fingerprint density at radius 1 is 1.31 bits per heavy atom. The second-order valence-corrected chi connectivity index (χ2v) is 7.40. The number of rotatable bonds is 6. The van der Waals surface area contributed by atoms with Gasteiger partial charge in [0.25, 0.3) is 5.91 Å². The number of aliphatic carboxylic acids is 1. The number of hydrogen-bond acceptors (Lipinski definition) is 6. The number of carbonyl (C=O) groups excluding carboxylic acids is 1. The van der Waals surface area contributed by atoms with Crippen LogP contribution in [0.2, 0.25) is 5.02 Å². The lowest BCUT2D eigenvalue weighted by Gasteiger charge is -2.09. The van der Waals surface area contributed by atoms with Crippen LogP contribution in [0.1, 0.15) is 11.1 Å². The largest absolute Gasteiger partial charge is 0.493 e. The number of hydrogen-bond donors (Lipinski definition) is 2. The molecule has 1 fully saturated rings. The van der Waals surface area contributed by atoms with Gasteiger partial charge in [-0.15, -0.1) is 0 Å². The minimum atomic E-state index is -1.08. The number of carboxylic acid groups (broad SMARTS) is 1. The molecule has 9 heteroatoms. The lowest BCUT2D eigenvalue weighted by molar-refractivity contribution is -0.139. The van der Waals surface area contributed by atoms with Crippen LogP contribution in [0.15, 0.2) is 46.3 Å². The quantitative estimate of drug-likeness (QED) is 0.669. The van der Waals surface area contributed by atoms with Crippen molar-refractivity contribution in [2.45, 2.75) is 6.92 Å². The summed E-state index contributed by atoms with van der Waals surface area (Å²) >= 11 is 7.33. The van der Waals surface area contributed by atoms with Crippen molar-refractivity contribution in [3.63, 3.8) is 0 Å². The molecule has 1 aliphatic rings. The van der Waals surface area contributed by atoms with E-state index in [9.17, 15) is 9.59 Å². The van der Waals surface area contributed by atoms with Gasteiger partial charge in [-0.05, 0) is 60.2 Å². The van der Waals surface area contributed by atoms with Crippen molar-refractivity contribution in [1.82, 2.24) is 5.32 Å². The molecule has 29 heavy (non-hydrogen) atoms. The molecule has 2 N–H and O–H groups in total. The first kappa shape index (κ1) is 20.8. The van der Waals surface area contributed by atoms with Crippen LogP contribution in [0.3, 0.4) is 0 Å². The van der Waals surface area contributed by atoms with E-state index in [0.717, 1.165) is 5.56 Å². The Kier molecular flexibility index (Phi) is 6.46. The third kappa shape index (κ3) is 5.10. The molecule has 1 aliphatic heterocycles. The molecular formula is C20H17ClN2O5S. The summed E-state index contributed by atoms with van der Waals surface area (Å²) in [7, 11) is 1.45. The standard InChI is InChI=1S/C20H17ClN2O5S/c1-11-13(21)4-3-5-14(11)22-20-23-19(26)17(29-20)9-12-6-7-15(16(8-12)27-2)28-10-18(24)25/h3-9H,10H2,1-2H3,(H,24,25)(H,22,23,26)/b17-9+. The summed E-state index contributed by atoms with van der Waals surface area (Å²) in [5, 5.41) is 12.5. The van der Waals surface area contributed by atoms with E-state index in [4.69, 9.17) is 26.2 Å². The molecular weight excluding hydrogens is 416 g/mol. The predicted octanol–water partition coefficient (Wildman–Crippen LogP) is 4.01. The van der Waals surface area contributed by atoms with Crippen molar-refractivity contribution in [1.29, 1.82) is 0 Å². The fourth-order valence-electron chi connectivity index (χ4n) is 2.49. The smallest absolute Gasteiger partial charge is 0.341 e. The number of carboxylic acids is 1. The number of benzene rings is 2. The number of nitrogens with zero attached hydrogens (tertiary/aromatic N) is 1. The molecule has 3 rings (SSSR count). The summed E-state index contributed by atoms with van der Waals surface area (Å²) in [5.41, 5.74) is 2.21. The molecule has 2 aromatic rings. The minimum Gasteiger partial charge on any atom is -0.493 e.